The van der Waals surface area contributed by atoms with Gasteiger partial charge >= 0.3 is 20.4 Å². The molecule has 1 aromatic rings. The van der Waals surface area contributed by atoms with Crippen molar-refractivity contribution in [3.63, 3.8) is 0 Å². The first-order valence-corrected chi connectivity index (χ1v) is 5.11. The van der Waals surface area contributed by atoms with Crippen LogP contribution in [0, 0.1) is 0 Å². The van der Waals surface area contributed by atoms with E-state index in [-0.39, 0.29) is 0 Å². The van der Waals surface area contributed by atoms with E-state index in [4.69, 9.17) is 18.3 Å². The van der Waals surface area contributed by atoms with Crippen LogP contribution in [-0.2, 0) is 19.6 Å². The lowest BCUT2D eigenvalue weighted by Crippen LogP contribution is -2.47. The Hall–Kier alpha value is -1.16. The van der Waals surface area contributed by atoms with Crippen LogP contribution in [-0.4, -0.2) is 5.97 Å². The summed E-state index contributed by atoms with van der Waals surface area (Å²) in [7, 11) is -1.38. The van der Waals surface area contributed by atoms with Crippen LogP contribution < -0.4 is 9.26 Å². The molecule has 0 radical (unpaired) electrons. The monoisotopic (exact) mass is 210 g/mol. The van der Waals surface area contributed by atoms with Gasteiger partial charge in [0, 0.05) is 0 Å². The lowest BCUT2D eigenvalue weighted by Gasteiger charge is -2.43. The molecule has 4 aliphatic rings. The third-order valence-electron chi connectivity index (χ3n) is 2.37. The molecule has 0 atom stereocenters. The van der Waals surface area contributed by atoms with Crippen molar-refractivity contribution in [2.24, 2.45) is 0 Å². The van der Waals surface area contributed by atoms with E-state index in [1.54, 1.807) is 18.2 Å². The maximum atomic E-state index is 11.5. The van der Waals surface area contributed by atoms with Gasteiger partial charge in [-0.2, -0.15) is 0 Å². The van der Waals surface area contributed by atoms with Crippen LogP contribution in [0.1, 0.15) is 5.56 Å². The number of carbonyl (C=O) groups excluding carboxylic acids is 1. The van der Waals surface area contributed by atoms with Gasteiger partial charge in [-0.15, -0.1) is 0 Å². The molecule has 14 heavy (non-hydrogen) atoms. The van der Waals surface area contributed by atoms with E-state index in [0.717, 1.165) is 0 Å². The van der Waals surface area contributed by atoms with E-state index in [1.165, 1.54) is 0 Å². The highest BCUT2D eigenvalue weighted by Crippen LogP contribution is 2.71. The van der Waals surface area contributed by atoms with E-state index in [9.17, 15) is 4.79 Å². The number of benzene rings is 1. The summed E-state index contributed by atoms with van der Waals surface area (Å²) in [6.07, 6.45) is 0. The molecule has 0 aliphatic carbocycles. The van der Waals surface area contributed by atoms with Gasteiger partial charge in [-0.05, 0) is 12.1 Å². The Labute approximate surface area is 79.5 Å². The molecule has 4 aliphatic heterocycles. The second-order valence-corrected chi connectivity index (χ2v) is 4.13. The van der Waals surface area contributed by atoms with E-state index < -0.39 is 20.4 Å². The normalized spacial score (nSPS) is 35.4. The fourth-order valence-electron chi connectivity index (χ4n) is 1.77. The van der Waals surface area contributed by atoms with E-state index in [1.807, 2.05) is 0 Å². The number of rotatable bonds is 0. The molecular weight excluding hydrogens is 207 g/mol. The highest BCUT2D eigenvalue weighted by Gasteiger charge is 2.69. The summed E-state index contributed by atoms with van der Waals surface area (Å²) in [6, 6.07) is 5.23. The fraction of sp³-hybridized carbons (Fsp3) is 0.125. The summed E-state index contributed by atoms with van der Waals surface area (Å²) in [6.45, 7) is 0. The minimum Gasteiger partial charge on any atom is -0.426 e. The summed E-state index contributed by atoms with van der Waals surface area (Å²) < 4.78 is 20.8. The number of hydrogen-bond acceptors (Lipinski definition) is 5. The summed E-state index contributed by atoms with van der Waals surface area (Å²) in [4.78, 5) is 11.5. The Morgan fingerprint density at radius 2 is 2.00 bits per heavy atom. The van der Waals surface area contributed by atoms with Gasteiger partial charge in [0.15, 0.2) is 0 Å². The zero-order valence-electron chi connectivity index (χ0n) is 6.72. The first-order chi connectivity index (χ1) is 6.79. The highest BCUT2D eigenvalue weighted by molar-refractivity contribution is 7.43. The van der Waals surface area contributed by atoms with Crippen LogP contribution in [0.2, 0.25) is 0 Å². The van der Waals surface area contributed by atoms with Gasteiger partial charge in [-0.1, -0.05) is 6.07 Å². The number of hydrogen-bond donors (Lipinski definition) is 0. The van der Waals surface area contributed by atoms with Crippen molar-refractivity contribution in [3.05, 3.63) is 23.8 Å². The van der Waals surface area contributed by atoms with Crippen molar-refractivity contribution in [2.45, 2.75) is 5.79 Å². The van der Waals surface area contributed by atoms with Crippen LogP contribution in [0.3, 0.4) is 0 Å². The number of ether oxygens (including phenoxy) is 1. The Bertz CT molecular complexity index is 465. The van der Waals surface area contributed by atoms with Crippen molar-refractivity contribution in [1.29, 1.82) is 0 Å². The maximum Gasteiger partial charge on any atom is 0.404 e. The third kappa shape index (κ3) is 0.572. The predicted octanol–water partition coefficient (Wildman–Crippen LogP) is 1.42. The minimum atomic E-state index is -1.38. The summed E-state index contributed by atoms with van der Waals surface area (Å²) >= 11 is 0. The molecular formula is C8H3O5P. The average Bonchev–Trinajstić information content (AvgIpc) is 2.43. The molecule has 0 unspecified atom stereocenters. The zero-order valence-corrected chi connectivity index (χ0v) is 7.61. The number of carbonyl (C=O) groups is 1. The lowest BCUT2D eigenvalue weighted by atomic mass is 10.1. The topological polar surface area (TPSA) is 54.0 Å². The fourth-order valence-corrected chi connectivity index (χ4v) is 2.92. The molecule has 0 N–H and O–H groups in total. The summed E-state index contributed by atoms with van der Waals surface area (Å²) in [5.41, 5.74) is 0.565. The van der Waals surface area contributed by atoms with Crippen LogP contribution >= 0.6 is 8.60 Å². The van der Waals surface area contributed by atoms with Crippen molar-refractivity contribution in [2.75, 3.05) is 0 Å². The molecule has 0 saturated carbocycles. The van der Waals surface area contributed by atoms with Gasteiger partial charge in [-0.25, -0.2) is 4.79 Å². The SMILES string of the molecule is O=C1Oc2cccc3c2C12OP(O3)O2. The first-order valence-electron chi connectivity index (χ1n) is 4.02. The molecule has 1 spiro atoms. The van der Waals surface area contributed by atoms with Gasteiger partial charge < -0.3 is 9.26 Å². The molecule has 6 heteroatoms. The molecule has 0 amide bonds. The van der Waals surface area contributed by atoms with E-state index in [2.05, 4.69) is 0 Å². The van der Waals surface area contributed by atoms with Crippen LogP contribution in [0.25, 0.3) is 0 Å². The Kier molecular flexibility index (Phi) is 0.990. The molecule has 1 aromatic carbocycles. The quantitative estimate of drug-likeness (QED) is 0.368. The second kappa shape index (κ2) is 1.93. The lowest BCUT2D eigenvalue weighted by molar-refractivity contribution is -0.220. The third-order valence-corrected chi connectivity index (χ3v) is 3.53. The number of esters is 1. The highest BCUT2D eigenvalue weighted by atomic mass is 31.2. The average molecular weight is 210 g/mol. The van der Waals surface area contributed by atoms with E-state index >= 15 is 0 Å². The van der Waals surface area contributed by atoms with Gasteiger partial charge in [0.25, 0.3) is 0 Å². The van der Waals surface area contributed by atoms with Gasteiger partial charge in [-0.3, -0.25) is 9.05 Å². The molecule has 5 nitrogen and oxygen atoms in total. The summed E-state index contributed by atoms with van der Waals surface area (Å²) in [5.74, 6) is -0.739. The Morgan fingerprint density at radius 3 is 2.86 bits per heavy atom. The zero-order chi connectivity index (χ0) is 9.34. The largest absolute Gasteiger partial charge is 0.426 e. The molecule has 5 rings (SSSR count). The van der Waals surface area contributed by atoms with Crippen molar-refractivity contribution >= 4 is 14.6 Å². The molecule has 4 heterocycles. The van der Waals surface area contributed by atoms with Gasteiger partial charge in [0.2, 0.25) is 0 Å². The van der Waals surface area contributed by atoms with Crippen molar-refractivity contribution in [3.8, 4) is 11.5 Å². The maximum absolute atomic E-state index is 11.5. The van der Waals surface area contributed by atoms with Crippen molar-refractivity contribution in [1.82, 2.24) is 0 Å². The van der Waals surface area contributed by atoms with Gasteiger partial charge in [0.05, 0.1) is 0 Å². The molecule has 1 fully saturated rings. The summed E-state index contributed by atoms with van der Waals surface area (Å²) in [5, 5.41) is 0. The molecule has 1 saturated heterocycles. The molecule has 2 bridgehead atoms. The van der Waals surface area contributed by atoms with E-state index in [0.29, 0.717) is 17.1 Å². The van der Waals surface area contributed by atoms with Gasteiger partial charge in [0.1, 0.15) is 17.1 Å². The van der Waals surface area contributed by atoms with Crippen LogP contribution in [0.5, 0.6) is 11.5 Å². The first kappa shape index (κ1) is 7.17. The molecule has 70 valence electrons. The van der Waals surface area contributed by atoms with Crippen molar-refractivity contribution < 1.29 is 23.1 Å². The van der Waals surface area contributed by atoms with Crippen LogP contribution in [0.15, 0.2) is 18.2 Å². The second-order valence-electron chi connectivity index (χ2n) is 3.13. The smallest absolute Gasteiger partial charge is 0.404 e. The van der Waals surface area contributed by atoms with Crippen LogP contribution in [0.4, 0.5) is 0 Å². The minimum absolute atomic E-state index is 0.460. The Balaban J connectivity index is 2.10. The predicted molar refractivity (Wildman–Crippen MR) is 43.5 cm³/mol. The standard InChI is InChI=1S/C8H3O5P/c9-7-8-6-4(10-7)2-1-3-5(6)11-14(12-8)13-8/h1-3H. The Morgan fingerprint density at radius 1 is 1.21 bits per heavy atom. The molecule has 0 aromatic heterocycles.